The first-order chi connectivity index (χ1) is 6.97. The van der Waals surface area contributed by atoms with Crippen LogP contribution in [-0.4, -0.2) is 25.2 Å². The highest BCUT2D eigenvalue weighted by Gasteiger charge is 2.27. The molecule has 5 heteroatoms. The maximum Gasteiger partial charge on any atom is 0.389 e. The molecule has 15 heavy (non-hydrogen) atoms. The molecule has 88 valence electrons. The summed E-state index contributed by atoms with van der Waals surface area (Å²) >= 11 is 0. The fourth-order valence-corrected chi connectivity index (χ4v) is 1.65. The second-order valence-corrected chi connectivity index (χ2v) is 3.94. The number of hydrogen-bond donors (Lipinski definition) is 0. The fraction of sp³-hybridized carbons (Fsp3) is 0.900. The van der Waals surface area contributed by atoms with Crippen LogP contribution in [0.5, 0.6) is 0 Å². The Bertz CT molecular complexity index is 207. The van der Waals surface area contributed by atoms with Gasteiger partial charge in [0.15, 0.2) is 0 Å². The lowest BCUT2D eigenvalue weighted by Gasteiger charge is -2.07. The summed E-state index contributed by atoms with van der Waals surface area (Å²) in [5.74, 6) is 0.151. The van der Waals surface area contributed by atoms with E-state index in [4.69, 9.17) is 4.74 Å². The Labute approximate surface area is 86.8 Å². The van der Waals surface area contributed by atoms with Crippen LogP contribution in [0.1, 0.15) is 32.1 Å². The Balaban J connectivity index is 2.08. The smallest absolute Gasteiger partial charge is 0.381 e. The topological polar surface area (TPSA) is 26.3 Å². The minimum Gasteiger partial charge on any atom is -0.381 e. The lowest BCUT2D eigenvalue weighted by atomic mass is 9.99. The first-order valence-corrected chi connectivity index (χ1v) is 5.13. The average Bonchev–Trinajstić information content (AvgIpc) is 2.54. The third kappa shape index (κ3) is 5.77. The minimum absolute atomic E-state index is 0.0377. The molecule has 1 aliphatic heterocycles. The number of carbonyl (C=O) groups excluding carboxylic acids is 1. The highest BCUT2D eigenvalue weighted by Crippen LogP contribution is 2.23. The monoisotopic (exact) mass is 224 g/mol. The molecular formula is C10H15F3O2. The van der Waals surface area contributed by atoms with E-state index < -0.39 is 12.6 Å². The summed E-state index contributed by atoms with van der Waals surface area (Å²) in [6.07, 6.45) is -3.83. The van der Waals surface area contributed by atoms with Crippen LogP contribution in [0.15, 0.2) is 0 Å². The van der Waals surface area contributed by atoms with Gasteiger partial charge in [0.05, 0.1) is 0 Å². The van der Waals surface area contributed by atoms with E-state index in [1.165, 1.54) is 0 Å². The van der Waals surface area contributed by atoms with Crippen molar-refractivity contribution >= 4 is 5.78 Å². The molecule has 0 aromatic carbocycles. The Hall–Kier alpha value is -0.580. The second kappa shape index (κ2) is 5.49. The van der Waals surface area contributed by atoms with Crippen LogP contribution in [-0.2, 0) is 9.53 Å². The molecule has 0 N–H and O–H groups in total. The van der Waals surface area contributed by atoms with Crippen LogP contribution >= 0.6 is 0 Å². The standard InChI is InChI=1S/C10H15F3O2/c11-10(12,13)4-1-2-9(14)6-8-3-5-15-7-8/h8H,1-7H2. The van der Waals surface area contributed by atoms with E-state index >= 15 is 0 Å². The summed E-state index contributed by atoms with van der Waals surface area (Å²) in [7, 11) is 0. The van der Waals surface area contributed by atoms with Gasteiger partial charge in [0, 0.05) is 32.5 Å². The van der Waals surface area contributed by atoms with Crippen molar-refractivity contribution in [3.8, 4) is 0 Å². The van der Waals surface area contributed by atoms with E-state index in [0.717, 1.165) is 6.42 Å². The van der Waals surface area contributed by atoms with Crippen LogP contribution in [0.4, 0.5) is 13.2 Å². The molecular weight excluding hydrogens is 209 g/mol. The highest BCUT2D eigenvalue weighted by atomic mass is 19.4. The molecule has 0 aromatic heterocycles. The van der Waals surface area contributed by atoms with Crippen molar-refractivity contribution in [2.24, 2.45) is 5.92 Å². The van der Waals surface area contributed by atoms with E-state index in [2.05, 4.69) is 0 Å². The summed E-state index contributed by atoms with van der Waals surface area (Å²) in [6, 6.07) is 0. The molecule has 1 saturated heterocycles. The van der Waals surface area contributed by atoms with Crippen LogP contribution < -0.4 is 0 Å². The van der Waals surface area contributed by atoms with E-state index in [9.17, 15) is 18.0 Å². The van der Waals surface area contributed by atoms with Gasteiger partial charge in [-0.1, -0.05) is 0 Å². The van der Waals surface area contributed by atoms with Gasteiger partial charge >= 0.3 is 6.18 Å². The largest absolute Gasteiger partial charge is 0.389 e. The number of ether oxygens (including phenoxy) is 1. The number of alkyl halides is 3. The molecule has 1 atom stereocenters. The van der Waals surface area contributed by atoms with Gasteiger partial charge in [0.1, 0.15) is 5.78 Å². The van der Waals surface area contributed by atoms with Crippen molar-refractivity contribution in [1.82, 2.24) is 0 Å². The third-order valence-corrected chi connectivity index (χ3v) is 2.46. The van der Waals surface area contributed by atoms with Crippen LogP contribution in [0.25, 0.3) is 0 Å². The van der Waals surface area contributed by atoms with Gasteiger partial charge in [-0.05, 0) is 18.8 Å². The second-order valence-electron chi connectivity index (χ2n) is 3.94. The molecule has 0 bridgehead atoms. The summed E-state index contributed by atoms with van der Waals surface area (Å²) < 4.78 is 40.4. The van der Waals surface area contributed by atoms with E-state index in [1.54, 1.807) is 0 Å². The molecule has 0 amide bonds. The first kappa shape index (κ1) is 12.5. The summed E-state index contributed by atoms with van der Waals surface area (Å²) in [4.78, 5) is 11.3. The van der Waals surface area contributed by atoms with Crippen LogP contribution in [0, 0.1) is 5.92 Å². The average molecular weight is 224 g/mol. The first-order valence-electron chi connectivity index (χ1n) is 5.13. The molecule has 2 nitrogen and oxygen atoms in total. The summed E-state index contributed by atoms with van der Waals surface area (Å²) in [5.41, 5.74) is 0. The molecule has 0 saturated carbocycles. The zero-order valence-corrected chi connectivity index (χ0v) is 8.48. The molecule has 1 aliphatic rings. The highest BCUT2D eigenvalue weighted by molar-refractivity contribution is 5.78. The van der Waals surface area contributed by atoms with Gasteiger partial charge < -0.3 is 4.74 Å². The number of Topliss-reactive ketones (excluding diaryl/α,β-unsaturated/α-hetero) is 1. The Kier molecular flexibility index (Phi) is 4.57. The van der Waals surface area contributed by atoms with Gasteiger partial charge in [-0.2, -0.15) is 13.2 Å². The SMILES string of the molecule is O=C(CCCC(F)(F)F)CC1CCOC1. The van der Waals surface area contributed by atoms with E-state index in [-0.39, 0.29) is 24.5 Å². The molecule has 1 rings (SSSR count). The quantitative estimate of drug-likeness (QED) is 0.717. The molecule has 0 radical (unpaired) electrons. The zero-order chi connectivity index (χ0) is 11.3. The number of rotatable bonds is 5. The Morgan fingerprint density at radius 2 is 2.13 bits per heavy atom. The number of carbonyl (C=O) groups is 1. The van der Waals surface area contributed by atoms with Gasteiger partial charge in [0.25, 0.3) is 0 Å². The lowest BCUT2D eigenvalue weighted by Crippen LogP contribution is -2.11. The summed E-state index contributed by atoms with van der Waals surface area (Å²) in [5, 5.41) is 0. The maximum atomic E-state index is 11.8. The molecule has 1 unspecified atom stereocenters. The molecule has 0 aromatic rings. The van der Waals surface area contributed by atoms with E-state index in [1.807, 2.05) is 0 Å². The Morgan fingerprint density at radius 1 is 1.40 bits per heavy atom. The fourth-order valence-electron chi connectivity index (χ4n) is 1.65. The third-order valence-electron chi connectivity index (χ3n) is 2.46. The predicted octanol–water partition coefficient (Wildman–Crippen LogP) is 2.71. The van der Waals surface area contributed by atoms with Crippen molar-refractivity contribution < 1.29 is 22.7 Å². The minimum atomic E-state index is -4.14. The molecule has 1 heterocycles. The zero-order valence-electron chi connectivity index (χ0n) is 8.48. The normalized spacial score (nSPS) is 21.9. The van der Waals surface area contributed by atoms with Crippen molar-refractivity contribution in [3.05, 3.63) is 0 Å². The van der Waals surface area contributed by atoms with Gasteiger partial charge in [-0.3, -0.25) is 4.79 Å². The molecule has 1 fully saturated rings. The van der Waals surface area contributed by atoms with Gasteiger partial charge in [-0.15, -0.1) is 0 Å². The van der Waals surface area contributed by atoms with Crippen molar-refractivity contribution in [2.45, 2.75) is 38.3 Å². The van der Waals surface area contributed by atoms with Crippen molar-refractivity contribution in [2.75, 3.05) is 13.2 Å². The summed E-state index contributed by atoms with van der Waals surface area (Å²) in [6.45, 7) is 1.24. The van der Waals surface area contributed by atoms with Crippen molar-refractivity contribution in [3.63, 3.8) is 0 Å². The van der Waals surface area contributed by atoms with Gasteiger partial charge in [0.2, 0.25) is 0 Å². The number of ketones is 1. The molecule has 0 spiro atoms. The van der Waals surface area contributed by atoms with Gasteiger partial charge in [-0.25, -0.2) is 0 Å². The predicted molar refractivity (Wildman–Crippen MR) is 48.5 cm³/mol. The van der Waals surface area contributed by atoms with Crippen LogP contribution in [0.3, 0.4) is 0 Å². The van der Waals surface area contributed by atoms with Crippen molar-refractivity contribution in [1.29, 1.82) is 0 Å². The number of hydrogen-bond acceptors (Lipinski definition) is 2. The van der Waals surface area contributed by atoms with E-state index in [0.29, 0.717) is 19.6 Å². The van der Waals surface area contributed by atoms with Crippen LogP contribution in [0.2, 0.25) is 0 Å². The Morgan fingerprint density at radius 3 is 2.67 bits per heavy atom. The maximum absolute atomic E-state index is 11.8. The lowest BCUT2D eigenvalue weighted by molar-refractivity contribution is -0.137. The number of halogens is 3. The molecule has 0 aliphatic carbocycles.